The lowest BCUT2D eigenvalue weighted by atomic mass is 9.99. The third-order valence-corrected chi connectivity index (χ3v) is 5.69. The van der Waals surface area contributed by atoms with Crippen LogP contribution in [0.2, 0.25) is 0 Å². The van der Waals surface area contributed by atoms with E-state index in [4.69, 9.17) is 9.15 Å². The SMILES string of the molecule is COc1cccc2c(C)c(C(=O)NCCCC(=O)N3CCc4ccccc4C3)oc12. The number of benzene rings is 2. The molecular weight excluding hydrogens is 380 g/mol. The van der Waals surface area contributed by atoms with Crippen molar-refractivity contribution in [2.24, 2.45) is 0 Å². The molecule has 6 heteroatoms. The number of para-hydroxylation sites is 1. The van der Waals surface area contributed by atoms with Crippen LogP contribution in [0.25, 0.3) is 11.0 Å². The van der Waals surface area contributed by atoms with Gasteiger partial charge in [0.2, 0.25) is 5.91 Å². The number of ether oxygens (including phenoxy) is 1. The molecule has 2 amide bonds. The van der Waals surface area contributed by atoms with Crippen molar-refractivity contribution in [3.63, 3.8) is 0 Å². The quantitative estimate of drug-likeness (QED) is 0.632. The zero-order valence-electron chi connectivity index (χ0n) is 17.4. The standard InChI is InChI=1S/C24H26N2O4/c1-16-19-9-5-10-20(29-2)23(19)30-22(16)24(28)25-13-6-11-21(27)26-14-12-17-7-3-4-8-18(17)15-26/h3-5,7-10H,6,11-15H2,1-2H3,(H,25,28). The van der Waals surface area contributed by atoms with Gasteiger partial charge in [-0.25, -0.2) is 0 Å². The Labute approximate surface area is 175 Å². The fourth-order valence-electron chi connectivity index (χ4n) is 3.98. The van der Waals surface area contributed by atoms with Crippen LogP contribution < -0.4 is 10.1 Å². The van der Waals surface area contributed by atoms with Crippen molar-refractivity contribution >= 4 is 22.8 Å². The summed E-state index contributed by atoms with van der Waals surface area (Å²) in [5, 5.41) is 3.73. The van der Waals surface area contributed by atoms with Crippen LogP contribution in [0.4, 0.5) is 0 Å². The van der Waals surface area contributed by atoms with E-state index in [1.807, 2.05) is 36.1 Å². The van der Waals surface area contributed by atoms with Crippen LogP contribution in [-0.4, -0.2) is 36.9 Å². The summed E-state index contributed by atoms with van der Waals surface area (Å²) < 4.78 is 11.1. The smallest absolute Gasteiger partial charge is 0.287 e. The van der Waals surface area contributed by atoms with Crippen LogP contribution in [0.5, 0.6) is 5.75 Å². The van der Waals surface area contributed by atoms with Gasteiger partial charge in [-0.3, -0.25) is 9.59 Å². The predicted octanol–water partition coefficient (Wildman–Crippen LogP) is 3.84. The molecule has 156 valence electrons. The molecule has 1 N–H and O–H groups in total. The number of hydrogen-bond acceptors (Lipinski definition) is 4. The van der Waals surface area contributed by atoms with Gasteiger partial charge in [-0.05, 0) is 37.0 Å². The summed E-state index contributed by atoms with van der Waals surface area (Å²) in [5.41, 5.74) is 3.90. The van der Waals surface area contributed by atoms with E-state index in [1.165, 1.54) is 11.1 Å². The minimum Gasteiger partial charge on any atom is -0.493 e. The topological polar surface area (TPSA) is 71.8 Å². The van der Waals surface area contributed by atoms with Gasteiger partial charge < -0.3 is 19.4 Å². The number of amides is 2. The summed E-state index contributed by atoms with van der Waals surface area (Å²) in [6, 6.07) is 13.8. The van der Waals surface area contributed by atoms with Crippen molar-refractivity contribution in [3.05, 3.63) is 64.9 Å². The lowest BCUT2D eigenvalue weighted by Crippen LogP contribution is -2.36. The Morgan fingerprint density at radius 2 is 1.93 bits per heavy atom. The maximum Gasteiger partial charge on any atom is 0.287 e. The van der Waals surface area contributed by atoms with E-state index in [9.17, 15) is 9.59 Å². The number of methoxy groups -OCH3 is 1. The highest BCUT2D eigenvalue weighted by Crippen LogP contribution is 2.32. The number of rotatable bonds is 6. The van der Waals surface area contributed by atoms with Gasteiger partial charge >= 0.3 is 0 Å². The Kier molecular flexibility index (Phi) is 5.74. The lowest BCUT2D eigenvalue weighted by molar-refractivity contribution is -0.132. The maximum atomic E-state index is 12.6. The van der Waals surface area contributed by atoms with Gasteiger partial charge in [0.15, 0.2) is 17.1 Å². The van der Waals surface area contributed by atoms with Crippen LogP contribution in [0.15, 0.2) is 46.9 Å². The molecule has 0 unspecified atom stereocenters. The number of aryl methyl sites for hydroxylation is 1. The highest BCUT2D eigenvalue weighted by Gasteiger charge is 2.21. The number of carbonyl (C=O) groups is 2. The Balaban J connectivity index is 1.30. The molecule has 1 aromatic heterocycles. The molecule has 0 saturated heterocycles. The van der Waals surface area contributed by atoms with Crippen molar-refractivity contribution < 1.29 is 18.7 Å². The first-order chi connectivity index (χ1) is 14.6. The van der Waals surface area contributed by atoms with Gasteiger partial charge in [0, 0.05) is 37.0 Å². The highest BCUT2D eigenvalue weighted by molar-refractivity contribution is 6.00. The van der Waals surface area contributed by atoms with Crippen LogP contribution in [0, 0.1) is 6.92 Å². The molecule has 0 atom stereocenters. The molecule has 0 aliphatic carbocycles. The normalized spacial score (nSPS) is 13.2. The third-order valence-electron chi connectivity index (χ3n) is 5.69. The van der Waals surface area contributed by atoms with E-state index in [0.717, 1.165) is 23.9 Å². The Hall–Kier alpha value is -3.28. The monoisotopic (exact) mass is 406 g/mol. The molecule has 0 radical (unpaired) electrons. The molecular formula is C24H26N2O4. The molecule has 1 aliphatic rings. The maximum absolute atomic E-state index is 12.6. The lowest BCUT2D eigenvalue weighted by Gasteiger charge is -2.29. The number of nitrogens with one attached hydrogen (secondary N) is 1. The van der Waals surface area contributed by atoms with E-state index >= 15 is 0 Å². The minimum atomic E-state index is -0.273. The molecule has 4 rings (SSSR count). The van der Waals surface area contributed by atoms with E-state index in [2.05, 4.69) is 17.4 Å². The first-order valence-electron chi connectivity index (χ1n) is 10.3. The van der Waals surface area contributed by atoms with Crippen molar-refractivity contribution in [2.75, 3.05) is 20.2 Å². The van der Waals surface area contributed by atoms with E-state index < -0.39 is 0 Å². The molecule has 0 bridgehead atoms. The summed E-state index contributed by atoms with van der Waals surface area (Å²) in [5.74, 6) is 0.741. The van der Waals surface area contributed by atoms with Crippen LogP contribution >= 0.6 is 0 Å². The number of fused-ring (bicyclic) bond motifs is 2. The largest absolute Gasteiger partial charge is 0.493 e. The second kappa shape index (κ2) is 8.61. The van der Waals surface area contributed by atoms with E-state index in [-0.39, 0.29) is 17.6 Å². The molecule has 0 spiro atoms. The number of hydrogen-bond donors (Lipinski definition) is 1. The zero-order chi connectivity index (χ0) is 21.1. The Morgan fingerprint density at radius 1 is 1.13 bits per heavy atom. The Bertz CT molecular complexity index is 1090. The van der Waals surface area contributed by atoms with Crippen molar-refractivity contribution in [1.29, 1.82) is 0 Å². The van der Waals surface area contributed by atoms with Crippen LogP contribution in [0.1, 0.15) is 40.1 Å². The molecule has 2 heterocycles. The number of nitrogens with zero attached hydrogens (tertiary/aromatic N) is 1. The van der Waals surface area contributed by atoms with Crippen LogP contribution in [0.3, 0.4) is 0 Å². The molecule has 2 aromatic carbocycles. The zero-order valence-corrected chi connectivity index (χ0v) is 17.4. The summed E-state index contributed by atoms with van der Waals surface area (Å²) in [6.45, 7) is 3.70. The van der Waals surface area contributed by atoms with E-state index in [1.54, 1.807) is 13.2 Å². The van der Waals surface area contributed by atoms with Gasteiger partial charge in [0.05, 0.1) is 7.11 Å². The summed E-state index contributed by atoms with van der Waals surface area (Å²) in [4.78, 5) is 27.0. The molecule has 1 aliphatic heterocycles. The number of furan rings is 1. The van der Waals surface area contributed by atoms with Crippen molar-refractivity contribution in [1.82, 2.24) is 10.2 Å². The summed E-state index contributed by atoms with van der Waals surface area (Å²) in [7, 11) is 1.57. The highest BCUT2D eigenvalue weighted by atomic mass is 16.5. The fraction of sp³-hybridized carbons (Fsp3) is 0.333. The van der Waals surface area contributed by atoms with Gasteiger partial charge in [-0.1, -0.05) is 36.4 Å². The van der Waals surface area contributed by atoms with Crippen molar-refractivity contribution in [3.8, 4) is 5.75 Å². The summed E-state index contributed by atoms with van der Waals surface area (Å²) >= 11 is 0. The second-order valence-corrected chi connectivity index (χ2v) is 7.59. The average molecular weight is 406 g/mol. The second-order valence-electron chi connectivity index (χ2n) is 7.59. The number of carbonyl (C=O) groups excluding carboxylic acids is 2. The minimum absolute atomic E-state index is 0.128. The third kappa shape index (κ3) is 3.90. The molecule has 0 fully saturated rings. The predicted molar refractivity (Wildman–Crippen MR) is 115 cm³/mol. The first-order valence-corrected chi connectivity index (χ1v) is 10.3. The van der Waals surface area contributed by atoms with Crippen LogP contribution in [-0.2, 0) is 17.8 Å². The van der Waals surface area contributed by atoms with E-state index in [0.29, 0.717) is 37.3 Å². The molecule has 6 nitrogen and oxygen atoms in total. The van der Waals surface area contributed by atoms with Crippen molar-refractivity contribution in [2.45, 2.75) is 32.7 Å². The summed E-state index contributed by atoms with van der Waals surface area (Å²) in [6.07, 6.45) is 1.90. The van der Waals surface area contributed by atoms with Gasteiger partial charge in [0.1, 0.15) is 0 Å². The fourth-order valence-corrected chi connectivity index (χ4v) is 3.98. The van der Waals surface area contributed by atoms with Gasteiger partial charge in [-0.15, -0.1) is 0 Å². The molecule has 0 saturated carbocycles. The average Bonchev–Trinajstić information content (AvgIpc) is 3.12. The Morgan fingerprint density at radius 3 is 2.73 bits per heavy atom. The first kappa shape index (κ1) is 20.0. The van der Waals surface area contributed by atoms with Gasteiger partial charge in [-0.2, -0.15) is 0 Å². The molecule has 3 aromatic rings. The molecule has 30 heavy (non-hydrogen) atoms. The van der Waals surface area contributed by atoms with Gasteiger partial charge in [0.25, 0.3) is 5.91 Å².